The molecule has 1 nitrogen and oxygen atoms in total. The topological polar surface area (TPSA) is 9.23 Å². The molecule has 1 aliphatic rings. The first-order valence-corrected chi connectivity index (χ1v) is 5.87. The minimum atomic E-state index is 0.802. The number of hydrogen-bond donors (Lipinski definition) is 0. The average Bonchev–Trinajstić information content (AvgIpc) is 2.69. The lowest BCUT2D eigenvalue weighted by Gasteiger charge is -2.17. The first-order chi connectivity index (χ1) is 7.22. The molecule has 0 aliphatic heterocycles. The summed E-state index contributed by atoms with van der Waals surface area (Å²) < 4.78 is 5.29. The van der Waals surface area contributed by atoms with Crippen LogP contribution in [0, 0.1) is 13.8 Å². The zero-order valence-electron chi connectivity index (χ0n) is 9.97. The Morgan fingerprint density at radius 1 is 1.07 bits per heavy atom. The van der Waals surface area contributed by atoms with Crippen molar-refractivity contribution in [2.45, 2.75) is 45.4 Å². The molecule has 0 radical (unpaired) electrons. The van der Waals surface area contributed by atoms with Gasteiger partial charge in [-0.3, -0.25) is 0 Å². The number of hydrogen-bond acceptors (Lipinski definition) is 1. The molecule has 0 heterocycles. The first kappa shape index (κ1) is 10.5. The molecule has 1 heteroatoms. The standard InChI is InChI=1S/C14H20O/c1-10-8-13(15-3)9-11(2)14(10)12-6-4-5-7-12/h8-9,12H,4-7H2,1-3H3. The molecule has 0 spiro atoms. The highest BCUT2D eigenvalue weighted by Crippen LogP contribution is 2.38. The molecule has 0 saturated heterocycles. The van der Waals surface area contributed by atoms with Gasteiger partial charge in [-0.25, -0.2) is 0 Å². The lowest BCUT2D eigenvalue weighted by Crippen LogP contribution is -2.00. The van der Waals surface area contributed by atoms with E-state index in [1.165, 1.54) is 36.8 Å². The van der Waals surface area contributed by atoms with Crippen LogP contribution in [0.4, 0.5) is 0 Å². The van der Waals surface area contributed by atoms with Crippen LogP contribution in [0.3, 0.4) is 0 Å². The molecule has 0 bridgehead atoms. The van der Waals surface area contributed by atoms with Gasteiger partial charge in [0.1, 0.15) is 5.75 Å². The van der Waals surface area contributed by atoms with Crippen molar-refractivity contribution in [2.24, 2.45) is 0 Å². The predicted octanol–water partition coefficient (Wildman–Crippen LogP) is 3.97. The Morgan fingerprint density at radius 2 is 1.60 bits per heavy atom. The Labute approximate surface area is 92.5 Å². The van der Waals surface area contributed by atoms with E-state index in [1.54, 1.807) is 12.7 Å². The van der Waals surface area contributed by atoms with Gasteiger partial charge in [-0.1, -0.05) is 12.8 Å². The van der Waals surface area contributed by atoms with Crippen LogP contribution < -0.4 is 4.74 Å². The molecule has 0 atom stereocenters. The SMILES string of the molecule is COc1cc(C)c(C2CCCC2)c(C)c1. The Kier molecular flexibility index (Phi) is 2.99. The number of benzene rings is 1. The van der Waals surface area contributed by atoms with E-state index in [4.69, 9.17) is 4.74 Å². The molecule has 15 heavy (non-hydrogen) atoms. The Morgan fingerprint density at radius 3 is 2.07 bits per heavy atom. The van der Waals surface area contributed by atoms with Gasteiger partial charge in [0.25, 0.3) is 0 Å². The summed E-state index contributed by atoms with van der Waals surface area (Å²) in [6, 6.07) is 4.33. The minimum absolute atomic E-state index is 0.802. The van der Waals surface area contributed by atoms with Crippen molar-refractivity contribution in [1.82, 2.24) is 0 Å². The predicted molar refractivity (Wildman–Crippen MR) is 63.7 cm³/mol. The van der Waals surface area contributed by atoms with Gasteiger partial charge in [0, 0.05) is 0 Å². The van der Waals surface area contributed by atoms with Gasteiger partial charge in [0.15, 0.2) is 0 Å². The molecular weight excluding hydrogens is 184 g/mol. The molecule has 2 rings (SSSR count). The zero-order valence-corrected chi connectivity index (χ0v) is 9.97. The summed E-state index contributed by atoms with van der Waals surface area (Å²) in [4.78, 5) is 0. The fraction of sp³-hybridized carbons (Fsp3) is 0.571. The van der Waals surface area contributed by atoms with E-state index in [-0.39, 0.29) is 0 Å². The summed E-state index contributed by atoms with van der Waals surface area (Å²) in [6.45, 7) is 4.42. The van der Waals surface area contributed by atoms with Crippen molar-refractivity contribution < 1.29 is 4.74 Å². The summed E-state index contributed by atoms with van der Waals surface area (Å²) in [5.74, 6) is 1.79. The summed E-state index contributed by atoms with van der Waals surface area (Å²) in [5.41, 5.74) is 4.38. The second kappa shape index (κ2) is 4.26. The van der Waals surface area contributed by atoms with Gasteiger partial charge >= 0.3 is 0 Å². The Bertz CT molecular complexity index is 325. The molecule has 0 N–H and O–H groups in total. The highest BCUT2D eigenvalue weighted by Gasteiger charge is 2.20. The third kappa shape index (κ3) is 2.01. The van der Waals surface area contributed by atoms with E-state index in [0.717, 1.165) is 11.7 Å². The molecular formula is C14H20O. The van der Waals surface area contributed by atoms with Crippen molar-refractivity contribution in [2.75, 3.05) is 7.11 Å². The van der Waals surface area contributed by atoms with Crippen LogP contribution in [-0.4, -0.2) is 7.11 Å². The maximum Gasteiger partial charge on any atom is 0.119 e. The van der Waals surface area contributed by atoms with Crippen LogP contribution in [0.5, 0.6) is 5.75 Å². The first-order valence-electron chi connectivity index (χ1n) is 5.87. The minimum Gasteiger partial charge on any atom is -0.497 e. The smallest absolute Gasteiger partial charge is 0.119 e. The van der Waals surface area contributed by atoms with E-state index < -0.39 is 0 Å². The van der Waals surface area contributed by atoms with Crippen molar-refractivity contribution in [3.8, 4) is 5.75 Å². The van der Waals surface area contributed by atoms with E-state index in [9.17, 15) is 0 Å². The highest BCUT2D eigenvalue weighted by atomic mass is 16.5. The molecule has 1 saturated carbocycles. The number of aryl methyl sites for hydroxylation is 2. The Hall–Kier alpha value is -0.980. The van der Waals surface area contributed by atoms with Crippen LogP contribution in [0.2, 0.25) is 0 Å². The fourth-order valence-corrected chi connectivity index (χ4v) is 2.91. The van der Waals surface area contributed by atoms with Crippen molar-refractivity contribution in [3.63, 3.8) is 0 Å². The van der Waals surface area contributed by atoms with Gasteiger partial charge in [0.05, 0.1) is 7.11 Å². The summed E-state index contributed by atoms with van der Waals surface area (Å²) >= 11 is 0. The average molecular weight is 204 g/mol. The molecule has 0 unspecified atom stereocenters. The number of rotatable bonds is 2. The summed E-state index contributed by atoms with van der Waals surface area (Å²) in [6.07, 6.45) is 5.53. The molecule has 82 valence electrons. The summed E-state index contributed by atoms with van der Waals surface area (Å²) in [5, 5.41) is 0. The maximum atomic E-state index is 5.29. The van der Waals surface area contributed by atoms with Gasteiger partial charge in [-0.15, -0.1) is 0 Å². The third-order valence-electron chi connectivity index (χ3n) is 3.57. The molecule has 0 aromatic heterocycles. The normalized spacial score (nSPS) is 17.0. The molecule has 1 aromatic carbocycles. The van der Waals surface area contributed by atoms with E-state index in [1.807, 2.05) is 0 Å². The maximum absolute atomic E-state index is 5.29. The van der Waals surface area contributed by atoms with Gasteiger partial charge in [-0.2, -0.15) is 0 Å². The molecule has 0 amide bonds. The monoisotopic (exact) mass is 204 g/mol. The van der Waals surface area contributed by atoms with Crippen molar-refractivity contribution in [3.05, 3.63) is 28.8 Å². The second-order valence-electron chi connectivity index (χ2n) is 4.66. The van der Waals surface area contributed by atoms with Gasteiger partial charge < -0.3 is 4.74 Å². The van der Waals surface area contributed by atoms with Gasteiger partial charge in [-0.05, 0) is 61.4 Å². The zero-order chi connectivity index (χ0) is 10.8. The quantitative estimate of drug-likeness (QED) is 0.708. The molecule has 1 aliphatic carbocycles. The molecule has 1 aromatic rings. The van der Waals surface area contributed by atoms with Crippen LogP contribution in [0.15, 0.2) is 12.1 Å². The van der Waals surface area contributed by atoms with E-state index >= 15 is 0 Å². The number of methoxy groups -OCH3 is 1. The van der Waals surface area contributed by atoms with Crippen LogP contribution in [0.25, 0.3) is 0 Å². The fourth-order valence-electron chi connectivity index (χ4n) is 2.91. The van der Waals surface area contributed by atoms with Crippen LogP contribution >= 0.6 is 0 Å². The van der Waals surface area contributed by atoms with Crippen LogP contribution in [-0.2, 0) is 0 Å². The van der Waals surface area contributed by atoms with E-state index in [2.05, 4.69) is 26.0 Å². The van der Waals surface area contributed by atoms with Crippen LogP contribution in [0.1, 0.15) is 48.3 Å². The molecule has 1 fully saturated rings. The lowest BCUT2D eigenvalue weighted by atomic mass is 9.89. The van der Waals surface area contributed by atoms with Crippen molar-refractivity contribution >= 4 is 0 Å². The third-order valence-corrected chi connectivity index (χ3v) is 3.57. The second-order valence-corrected chi connectivity index (χ2v) is 4.66. The van der Waals surface area contributed by atoms with E-state index in [0.29, 0.717) is 0 Å². The summed E-state index contributed by atoms with van der Waals surface area (Å²) in [7, 11) is 1.74. The largest absolute Gasteiger partial charge is 0.497 e. The lowest BCUT2D eigenvalue weighted by molar-refractivity contribution is 0.413. The van der Waals surface area contributed by atoms with Gasteiger partial charge in [0.2, 0.25) is 0 Å². The Balaban J connectivity index is 2.37. The number of ether oxygens (including phenoxy) is 1. The highest BCUT2D eigenvalue weighted by molar-refractivity contribution is 5.43. The van der Waals surface area contributed by atoms with Crippen molar-refractivity contribution in [1.29, 1.82) is 0 Å².